The molecule has 1 aromatic heterocycles. The Kier molecular flexibility index (Phi) is 2.41. The van der Waals surface area contributed by atoms with Gasteiger partial charge in [-0.15, -0.1) is 0 Å². The molecular formula is C11H12N2. The van der Waals surface area contributed by atoms with Gasteiger partial charge in [0.2, 0.25) is 0 Å². The van der Waals surface area contributed by atoms with E-state index in [-0.39, 0.29) is 0 Å². The van der Waals surface area contributed by atoms with Gasteiger partial charge in [0.05, 0.1) is 6.20 Å². The first-order chi connectivity index (χ1) is 6.45. The van der Waals surface area contributed by atoms with Gasteiger partial charge in [-0.1, -0.05) is 30.3 Å². The molecule has 1 aromatic carbocycles. The molecule has 0 aliphatic rings. The lowest BCUT2D eigenvalue weighted by Crippen LogP contribution is -1.88. The molecule has 2 nitrogen and oxygen atoms in total. The number of aryl methyl sites for hydroxylation is 2. The topological polar surface area (TPSA) is 28.7 Å². The van der Waals surface area contributed by atoms with E-state index in [1.807, 2.05) is 18.5 Å². The molecule has 1 heterocycles. The van der Waals surface area contributed by atoms with Crippen molar-refractivity contribution in [3.8, 4) is 0 Å². The van der Waals surface area contributed by atoms with Crippen LogP contribution >= 0.6 is 0 Å². The molecule has 66 valence electrons. The summed E-state index contributed by atoms with van der Waals surface area (Å²) in [6.07, 6.45) is 5.97. The zero-order valence-corrected chi connectivity index (χ0v) is 7.40. The molecule has 1 N–H and O–H groups in total. The lowest BCUT2D eigenvalue weighted by atomic mass is 10.1. The average molecular weight is 172 g/mol. The quantitative estimate of drug-likeness (QED) is 0.755. The molecule has 0 fully saturated rings. The number of aromatic nitrogens is 2. The Morgan fingerprint density at radius 3 is 2.46 bits per heavy atom. The van der Waals surface area contributed by atoms with Crippen LogP contribution in [0.2, 0.25) is 0 Å². The SMILES string of the molecule is c1ccc(CCc2cn[nH]c2)cc1. The summed E-state index contributed by atoms with van der Waals surface area (Å²) in [6, 6.07) is 10.5. The zero-order chi connectivity index (χ0) is 8.93. The molecule has 0 atom stereocenters. The number of benzene rings is 1. The zero-order valence-electron chi connectivity index (χ0n) is 7.40. The summed E-state index contributed by atoms with van der Waals surface area (Å²) in [5.41, 5.74) is 2.65. The third-order valence-corrected chi connectivity index (χ3v) is 2.10. The third-order valence-electron chi connectivity index (χ3n) is 2.10. The van der Waals surface area contributed by atoms with Crippen molar-refractivity contribution in [3.63, 3.8) is 0 Å². The van der Waals surface area contributed by atoms with Gasteiger partial charge in [-0.25, -0.2) is 0 Å². The summed E-state index contributed by atoms with van der Waals surface area (Å²) in [4.78, 5) is 0. The smallest absolute Gasteiger partial charge is 0.0519 e. The van der Waals surface area contributed by atoms with Crippen molar-refractivity contribution in [2.75, 3.05) is 0 Å². The maximum absolute atomic E-state index is 3.91. The second-order valence-electron chi connectivity index (χ2n) is 3.09. The van der Waals surface area contributed by atoms with Crippen LogP contribution in [0.25, 0.3) is 0 Å². The highest BCUT2D eigenvalue weighted by Crippen LogP contribution is 2.04. The molecule has 13 heavy (non-hydrogen) atoms. The fraction of sp³-hybridized carbons (Fsp3) is 0.182. The van der Waals surface area contributed by atoms with Gasteiger partial charge in [-0.2, -0.15) is 5.10 Å². The Labute approximate surface area is 77.6 Å². The van der Waals surface area contributed by atoms with E-state index in [4.69, 9.17) is 0 Å². The van der Waals surface area contributed by atoms with Gasteiger partial charge in [0.25, 0.3) is 0 Å². The number of hydrogen-bond donors (Lipinski definition) is 1. The van der Waals surface area contributed by atoms with Crippen molar-refractivity contribution in [3.05, 3.63) is 53.9 Å². The van der Waals surface area contributed by atoms with Crippen LogP contribution in [-0.2, 0) is 12.8 Å². The maximum Gasteiger partial charge on any atom is 0.0519 e. The molecule has 2 heteroatoms. The second kappa shape index (κ2) is 3.90. The fourth-order valence-corrected chi connectivity index (χ4v) is 1.35. The van der Waals surface area contributed by atoms with Crippen molar-refractivity contribution in [1.29, 1.82) is 0 Å². The minimum atomic E-state index is 1.06. The Bertz CT molecular complexity index is 338. The van der Waals surface area contributed by atoms with Gasteiger partial charge in [-0.3, -0.25) is 5.10 Å². The summed E-state index contributed by atoms with van der Waals surface area (Å²) in [5, 5.41) is 6.73. The van der Waals surface area contributed by atoms with Crippen molar-refractivity contribution >= 4 is 0 Å². The van der Waals surface area contributed by atoms with E-state index in [1.54, 1.807) is 0 Å². The molecule has 0 bridgehead atoms. The highest BCUT2D eigenvalue weighted by molar-refractivity contribution is 5.16. The first-order valence-corrected chi connectivity index (χ1v) is 4.47. The van der Waals surface area contributed by atoms with E-state index in [9.17, 15) is 0 Å². The van der Waals surface area contributed by atoms with Crippen molar-refractivity contribution in [2.24, 2.45) is 0 Å². The van der Waals surface area contributed by atoms with E-state index < -0.39 is 0 Å². The first-order valence-electron chi connectivity index (χ1n) is 4.47. The molecular weight excluding hydrogens is 160 g/mol. The third kappa shape index (κ3) is 2.18. The summed E-state index contributed by atoms with van der Waals surface area (Å²) in [7, 11) is 0. The Hall–Kier alpha value is -1.57. The molecule has 0 unspecified atom stereocenters. The molecule has 0 spiro atoms. The van der Waals surface area contributed by atoms with Crippen LogP contribution in [0.5, 0.6) is 0 Å². The number of aromatic amines is 1. The minimum Gasteiger partial charge on any atom is -0.285 e. The van der Waals surface area contributed by atoms with E-state index in [0.717, 1.165) is 12.8 Å². The highest BCUT2D eigenvalue weighted by Gasteiger charge is 1.94. The predicted molar refractivity (Wildman–Crippen MR) is 52.4 cm³/mol. The van der Waals surface area contributed by atoms with E-state index >= 15 is 0 Å². The molecule has 2 aromatic rings. The molecule has 0 saturated carbocycles. The lowest BCUT2D eigenvalue weighted by molar-refractivity contribution is 0.962. The number of rotatable bonds is 3. The standard InChI is InChI=1S/C11H12N2/c1-2-4-10(5-3-1)6-7-11-8-12-13-9-11/h1-5,8-9H,6-7H2,(H,12,13). The number of hydrogen-bond acceptors (Lipinski definition) is 1. The monoisotopic (exact) mass is 172 g/mol. The summed E-state index contributed by atoms with van der Waals surface area (Å²) in [5.74, 6) is 0. The summed E-state index contributed by atoms with van der Waals surface area (Å²) >= 11 is 0. The molecule has 0 amide bonds. The van der Waals surface area contributed by atoms with Crippen LogP contribution < -0.4 is 0 Å². The van der Waals surface area contributed by atoms with Gasteiger partial charge >= 0.3 is 0 Å². The van der Waals surface area contributed by atoms with E-state index in [0.29, 0.717) is 0 Å². The Balaban J connectivity index is 1.94. The van der Waals surface area contributed by atoms with Crippen molar-refractivity contribution in [2.45, 2.75) is 12.8 Å². The maximum atomic E-state index is 3.91. The molecule has 0 aliphatic carbocycles. The Morgan fingerprint density at radius 1 is 1.00 bits per heavy atom. The molecule has 2 rings (SSSR count). The van der Waals surface area contributed by atoms with Crippen LogP contribution in [0, 0.1) is 0 Å². The summed E-state index contributed by atoms with van der Waals surface area (Å²) < 4.78 is 0. The number of nitrogens with zero attached hydrogens (tertiary/aromatic N) is 1. The van der Waals surface area contributed by atoms with Gasteiger partial charge < -0.3 is 0 Å². The van der Waals surface area contributed by atoms with Gasteiger partial charge in [0, 0.05) is 6.20 Å². The van der Waals surface area contributed by atoms with Crippen molar-refractivity contribution < 1.29 is 0 Å². The van der Waals surface area contributed by atoms with Gasteiger partial charge in [0.15, 0.2) is 0 Å². The molecule has 0 aliphatic heterocycles. The molecule has 0 saturated heterocycles. The van der Waals surface area contributed by atoms with Gasteiger partial charge in [-0.05, 0) is 24.0 Å². The van der Waals surface area contributed by atoms with Gasteiger partial charge in [0.1, 0.15) is 0 Å². The Morgan fingerprint density at radius 2 is 1.77 bits per heavy atom. The number of H-pyrrole nitrogens is 1. The number of nitrogens with one attached hydrogen (secondary N) is 1. The highest BCUT2D eigenvalue weighted by atomic mass is 15.1. The minimum absolute atomic E-state index is 1.06. The lowest BCUT2D eigenvalue weighted by Gasteiger charge is -1.97. The molecule has 0 radical (unpaired) electrons. The van der Waals surface area contributed by atoms with E-state index in [1.165, 1.54) is 11.1 Å². The fourth-order valence-electron chi connectivity index (χ4n) is 1.35. The van der Waals surface area contributed by atoms with Crippen LogP contribution in [0.1, 0.15) is 11.1 Å². The van der Waals surface area contributed by atoms with E-state index in [2.05, 4.69) is 34.5 Å². The van der Waals surface area contributed by atoms with Crippen LogP contribution in [-0.4, -0.2) is 10.2 Å². The first kappa shape index (κ1) is 8.05. The van der Waals surface area contributed by atoms with Crippen LogP contribution in [0.3, 0.4) is 0 Å². The predicted octanol–water partition coefficient (Wildman–Crippen LogP) is 2.19. The summed E-state index contributed by atoms with van der Waals surface area (Å²) in [6.45, 7) is 0. The largest absolute Gasteiger partial charge is 0.285 e. The van der Waals surface area contributed by atoms with Crippen molar-refractivity contribution in [1.82, 2.24) is 10.2 Å². The van der Waals surface area contributed by atoms with Crippen LogP contribution in [0.15, 0.2) is 42.7 Å². The van der Waals surface area contributed by atoms with Crippen LogP contribution in [0.4, 0.5) is 0 Å². The second-order valence-corrected chi connectivity index (χ2v) is 3.09. The average Bonchev–Trinajstić information content (AvgIpc) is 2.69. The normalized spacial score (nSPS) is 10.2.